The maximum Gasteiger partial charge on any atom is 0.407 e. The van der Waals surface area contributed by atoms with Crippen LogP contribution in [-0.4, -0.2) is 39.9 Å². The van der Waals surface area contributed by atoms with Crippen molar-refractivity contribution in [3.63, 3.8) is 0 Å². The van der Waals surface area contributed by atoms with E-state index in [2.05, 4.69) is 21.1 Å². The number of hydrogen-bond acceptors (Lipinski definition) is 3. The van der Waals surface area contributed by atoms with E-state index in [9.17, 15) is 4.79 Å². The average molecular weight is 263 g/mol. The summed E-state index contributed by atoms with van der Waals surface area (Å²) in [6.07, 6.45) is 0.837. The molecular weight excluding hydrogens is 252 g/mol. The molecule has 2 heterocycles. The maximum absolute atomic E-state index is 10.7. The highest BCUT2D eigenvalue weighted by Crippen LogP contribution is 2.28. The molecule has 1 amide bonds. The van der Waals surface area contributed by atoms with Crippen molar-refractivity contribution in [3.8, 4) is 0 Å². The molecule has 2 aliphatic heterocycles. The molecule has 0 bridgehead atoms. The SMILES string of the molecule is O=C(O)N1CCC(C2CC(Br)=NO2)C1. The van der Waals surface area contributed by atoms with E-state index < -0.39 is 6.09 Å². The molecule has 0 aromatic rings. The molecule has 2 atom stereocenters. The van der Waals surface area contributed by atoms with Gasteiger partial charge in [-0.3, -0.25) is 0 Å². The molecule has 0 aromatic carbocycles. The van der Waals surface area contributed by atoms with Crippen molar-refractivity contribution in [2.75, 3.05) is 13.1 Å². The van der Waals surface area contributed by atoms with Crippen LogP contribution in [0.5, 0.6) is 0 Å². The zero-order valence-corrected chi connectivity index (χ0v) is 9.11. The van der Waals surface area contributed by atoms with Crippen LogP contribution in [-0.2, 0) is 4.84 Å². The van der Waals surface area contributed by atoms with Crippen molar-refractivity contribution < 1.29 is 14.7 Å². The normalized spacial score (nSPS) is 31.5. The molecule has 2 rings (SSSR count). The van der Waals surface area contributed by atoms with Crippen molar-refractivity contribution in [1.82, 2.24) is 4.90 Å². The summed E-state index contributed by atoms with van der Waals surface area (Å²) in [7, 11) is 0. The Hall–Kier alpha value is -0.780. The third-order valence-electron chi connectivity index (χ3n) is 2.68. The van der Waals surface area contributed by atoms with Crippen LogP contribution in [0.2, 0.25) is 0 Å². The number of nitrogens with zero attached hydrogens (tertiary/aromatic N) is 2. The van der Waals surface area contributed by atoms with Crippen LogP contribution >= 0.6 is 15.9 Å². The van der Waals surface area contributed by atoms with Gasteiger partial charge in [-0.2, -0.15) is 0 Å². The Labute approximate surface area is 89.8 Å². The van der Waals surface area contributed by atoms with Crippen molar-refractivity contribution in [3.05, 3.63) is 0 Å². The van der Waals surface area contributed by atoms with E-state index in [0.717, 1.165) is 17.5 Å². The van der Waals surface area contributed by atoms with Gasteiger partial charge in [0, 0.05) is 25.4 Å². The van der Waals surface area contributed by atoms with Gasteiger partial charge >= 0.3 is 6.09 Å². The summed E-state index contributed by atoms with van der Waals surface area (Å²) in [5.41, 5.74) is 0. The maximum atomic E-state index is 10.7. The molecule has 14 heavy (non-hydrogen) atoms. The summed E-state index contributed by atoms with van der Waals surface area (Å²) < 4.78 is 0.816. The van der Waals surface area contributed by atoms with E-state index >= 15 is 0 Å². The molecule has 0 saturated carbocycles. The van der Waals surface area contributed by atoms with Crippen molar-refractivity contribution >= 4 is 26.6 Å². The molecule has 2 unspecified atom stereocenters. The summed E-state index contributed by atoms with van der Waals surface area (Å²) in [6, 6.07) is 0. The molecule has 78 valence electrons. The lowest BCUT2D eigenvalue weighted by molar-refractivity contribution is 0.0432. The van der Waals surface area contributed by atoms with Crippen molar-refractivity contribution in [2.24, 2.45) is 11.1 Å². The minimum atomic E-state index is -0.842. The number of halogens is 1. The number of oxime groups is 1. The highest BCUT2D eigenvalue weighted by molar-refractivity contribution is 9.18. The van der Waals surface area contributed by atoms with E-state index in [0.29, 0.717) is 13.1 Å². The van der Waals surface area contributed by atoms with Gasteiger partial charge in [0.1, 0.15) is 10.7 Å². The first-order valence-corrected chi connectivity index (χ1v) is 5.32. The predicted octanol–water partition coefficient (Wildman–Crippen LogP) is 1.48. The van der Waals surface area contributed by atoms with Gasteiger partial charge in [0.05, 0.1) is 0 Å². The number of amides is 1. The van der Waals surface area contributed by atoms with Gasteiger partial charge in [0.15, 0.2) is 0 Å². The predicted molar refractivity (Wildman–Crippen MR) is 53.6 cm³/mol. The molecule has 6 heteroatoms. The van der Waals surface area contributed by atoms with Gasteiger partial charge in [-0.15, -0.1) is 0 Å². The molecule has 2 aliphatic rings. The molecule has 0 aliphatic carbocycles. The summed E-state index contributed by atoms with van der Waals surface area (Å²) in [6.45, 7) is 1.17. The van der Waals surface area contributed by atoms with Gasteiger partial charge in [-0.1, -0.05) is 5.16 Å². The Bertz CT molecular complexity index is 282. The van der Waals surface area contributed by atoms with Crippen molar-refractivity contribution in [2.45, 2.75) is 18.9 Å². The summed E-state index contributed by atoms with van der Waals surface area (Å²) in [5.74, 6) is 0.282. The monoisotopic (exact) mass is 262 g/mol. The fourth-order valence-electron chi connectivity index (χ4n) is 1.88. The average Bonchev–Trinajstić information content (AvgIpc) is 2.70. The van der Waals surface area contributed by atoms with Crippen LogP contribution in [0.1, 0.15) is 12.8 Å². The number of hydrogen-bond donors (Lipinski definition) is 1. The molecular formula is C8H11BrN2O3. The molecule has 0 aromatic heterocycles. The van der Waals surface area contributed by atoms with Gasteiger partial charge < -0.3 is 14.8 Å². The molecule has 0 spiro atoms. The van der Waals surface area contributed by atoms with Gasteiger partial charge in [-0.25, -0.2) is 4.79 Å². The standard InChI is InChI=1S/C8H11BrN2O3/c9-7-3-6(14-10-7)5-1-2-11(4-5)8(12)13/h5-6H,1-4H2,(H,12,13). The molecule has 1 fully saturated rings. The van der Waals surface area contributed by atoms with Crippen LogP contribution in [0.4, 0.5) is 4.79 Å². The van der Waals surface area contributed by atoms with Gasteiger partial charge in [-0.05, 0) is 22.4 Å². The molecule has 1 saturated heterocycles. The topological polar surface area (TPSA) is 62.1 Å². The van der Waals surface area contributed by atoms with E-state index in [4.69, 9.17) is 9.94 Å². The smallest absolute Gasteiger partial charge is 0.407 e. The lowest BCUT2D eigenvalue weighted by Crippen LogP contribution is -2.29. The number of rotatable bonds is 1. The summed E-state index contributed by atoms with van der Waals surface area (Å²) in [5, 5.41) is 12.6. The highest BCUT2D eigenvalue weighted by Gasteiger charge is 2.35. The number of carbonyl (C=O) groups is 1. The van der Waals surface area contributed by atoms with Gasteiger partial charge in [0.2, 0.25) is 0 Å². The van der Waals surface area contributed by atoms with Crippen LogP contribution in [0, 0.1) is 5.92 Å². The van der Waals surface area contributed by atoms with E-state index in [1.54, 1.807) is 0 Å². The minimum absolute atomic E-state index is 0.0497. The minimum Gasteiger partial charge on any atom is -0.465 e. The largest absolute Gasteiger partial charge is 0.465 e. The second kappa shape index (κ2) is 3.76. The lowest BCUT2D eigenvalue weighted by Gasteiger charge is -2.16. The second-order valence-electron chi connectivity index (χ2n) is 3.59. The summed E-state index contributed by atoms with van der Waals surface area (Å²) >= 11 is 3.26. The Balaban J connectivity index is 1.87. The fourth-order valence-corrected chi connectivity index (χ4v) is 2.29. The van der Waals surface area contributed by atoms with E-state index in [1.807, 2.05) is 0 Å². The van der Waals surface area contributed by atoms with Gasteiger partial charge in [0.25, 0.3) is 0 Å². The lowest BCUT2D eigenvalue weighted by atomic mass is 10.00. The zero-order valence-electron chi connectivity index (χ0n) is 7.52. The molecule has 0 radical (unpaired) electrons. The highest BCUT2D eigenvalue weighted by atomic mass is 79.9. The first-order valence-electron chi connectivity index (χ1n) is 4.53. The van der Waals surface area contributed by atoms with Crippen LogP contribution in [0.25, 0.3) is 0 Å². The summed E-state index contributed by atoms with van der Waals surface area (Å²) in [4.78, 5) is 17.3. The third-order valence-corrected chi connectivity index (χ3v) is 3.15. The number of carboxylic acid groups (broad SMARTS) is 1. The number of likely N-dealkylation sites (tertiary alicyclic amines) is 1. The second-order valence-corrected chi connectivity index (χ2v) is 4.51. The third kappa shape index (κ3) is 1.84. The Kier molecular flexibility index (Phi) is 2.62. The van der Waals surface area contributed by atoms with E-state index in [-0.39, 0.29) is 12.0 Å². The molecule has 5 nitrogen and oxygen atoms in total. The van der Waals surface area contributed by atoms with Crippen LogP contribution in [0.15, 0.2) is 5.16 Å². The molecule has 1 N–H and O–H groups in total. The quantitative estimate of drug-likeness (QED) is 0.779. The fraction of sp³-hybridized carbons (Fsp3) is 0.750. The van der Waals surface area contributed by atoms with Crippen LogP contribution < -0.4 is 0 Å². The zero-order chi connectivity index (χ0) is 10.1. The van der Waals surface area contributed by atoms with Crippen LogP contribution in [0.3, 0.4) is 0 Å². The van der Waals surface area contributed by atoms with E-state index in [1.165, 1.54) is 4.90 Å². The Morgan fingerprint density at radius 2 is 2.50 bits per heavy atom. The Morgan fingerprint density at radius 3 is 3.00 bits per heavy atom. The van der Waals surface area contributed by atoms with Crippen molar-refractivity contribution in [1.29, 1.82) is 0 Å². The first kappa shape index (κ1) is 9.76. The first-order chi connectivity index (χ1) is 6.66. The Morgan fingerprint density at radius 1 is 1.71 bits per heavy atom.